The maximum absolute atomic E-state index is 13.7. The van der Waals surface area contributed by atoms with E-state index in [1.165, 1.54) is 12.1 Å². The fraction of sp³-hybridized carbons (Fsp3) is 0.300. The number of anilines is 1. The topological polar surface area (TPSA) is 63.7 Å². The number of nitrogens with one attached hydrogen (secondary N) is 1. The molecule has 0 radical (unpaired) electrons. The number of pyridine rings is 1. The molecule has 1 N–H and O–H groups in total. The molecule has 27 heavy (non-hydrogen) atoms. The molecule has 0 atom stereocenters. The Hall–Kier alpha value is -2.77. The summed E-state index contributed by atoms with van der Waals surface area (Å²) in [6, 6.07) is 8.16. The van der Waals surface area contributed by atoms with Gasteiger partial charge in [0, 0.05) is 36.4 Å². The summed E-state index contributed by atoms with van der Waals surface area (Å²) < 4.78 is 24.9. The SMILES string of the molecule is O=C1Nc2ccc(F)cc2C1=C1OCc2nc(CN3CCOCC3)ccc21. The van der Waals surface area contributed by atoms with Gasteiger partial charge in [-0.15, -0.1) is 0 Å². The second-order valence-corrected chi connectivity index (χ2v) is 6.82. The Morgan fingerprint density at radius 3 is 2.85 bits per heavy atom. The third-order valence-corrected chi connectivity index (χ3v) is 5.07. The average Bonchev–Trinajstić information content (AvgIpc) is 3.21. The molecule has 2 aromatic rings. The van der Waals surface area contributed by atoms with Crippen molar-refractivity contribution < 1.29 is 18.7 Å². The normalized spacial score (nSPS) is 21.6. The Balaban J connectivity index is 1.49. The van der Waals surface area contributed by atoms with E-state index in [1.807, 2.05) is 12.1 Å². The molecular weight excluding hydrogens is 349 g/mol. The van der Waals surface area contributed by atoms with Gasteiger partial charge in [-0.3, -0.25) is 14.7 Å². The Kier molecular flexibility index (Phi) is 3.91. The van der Waals surface area contributed by atoms with Crippen molar-refractivity contribution in [3.63, 3.8) is 0 Å². The molecule has 4 heterocycles. The number of amides is 1. The number of hydrogen-bond acceptors (Lipinski definition) is 5. The van der Waals surface area contributed by atoms with Gasteiger partial charge in [0.25, 0.3) is 5.91 Å². The van der Waals surface area contributed by atoms with E-state index >= 15 is 0 Å². The van der Waals surface area contributed by atoms with Crippen molar-refractivity contribution in [3.05, 3.63) is 58.7 Å². The summed E-state index contributed by atoms with van der Waals surface area (Å²) in [7, 11) is 0. The number of halogens is 1. The first kappa shape index (κ1) is 16.4. The molecule has 1 fully saturated rings. The minimum atomic E-state index is -0.388. The molecule has 1 aromatic heterocycles. The highest BCUT2D eigenvalue weighted by molar-refractivity contribution is 6.36. The highest BCUT2D eigenvalue weighted by Gasteiger charge is 2.33. The van der Waals surface area contributed by atoms with Crippen molar-refractivity contribution in [3.8, 4) is 0 Å². The van der Waals surface area contributed by atoms with Crippen LogP contribution in [0.25, 0.3) is 11.3 Å². The van der Waals surface area contributed by atoms with Gasteiger partial charge in [0.05, 0.1) is 30.2 Å². The van der Waals surface area contributed by atoms with Gasteiger partial charge < -0.3 is 14.8 Å². The van der Waals surface area contributed by atoms with Crippen LogP contribution >= 0.6 is 0 Å². The van der Waals surface area contributed by atoms with Crippen LogP contribution in [0.4, 0.5) is 10.1 Å². The molecular formula is C20H18FN3O3. The summed E-state index contributed by atoms with van der Waals surface area (Å²) in [6.45, 7) is 4.35. The zero-order valence-electron chi connectivity index (χ0n) is 14.6. The van der Waals surface area contributed by atoms with E-state index in [1.54, 1.807) is 6.07 Å². The molecule has 7 heteroatoms. The molecule has 6 nitrogen and oxygen atoms in total. The third-order valence-electron chi connectivity index (χ3n) is 5.07. The Morgan fingerprint density at radius 2 is 2.00 bits per heavy atom. The quantitative estimate of drug-likeness (QED) is 0.826. The maximum atomic E-state index is 13.7. The monoisotopic (exact) mass is 367 g/mol. The van der Waals surface area contributed by atoms with Crippen molar-refractivity contribution in [2.75, 3.05) is 31.6 Å². The van der Waals surface area contributed by atoms with E-state index in [2.05, 4.69) is 10.2 Å². The van der Waals surface area contributed by atoms with E-state index in [0.29, 0.717) is 29.2 Å². The van der Waals surface area contributed by atoms with Gasteiger partial charge in [0.15, 0.2) is 0 Å². The molecule has 5 rings (SSSR count). The first-order chi connectivity index (χ1) is 13.2. The molecule has 138 valence electrons. The van der Waals surface area contributed by atoms with E-state index < -0.39 is 0 Å². The number of aromatic nitrogens is 1. The highest BCUT2D eigenvalue weighted by atomic mass is 19.1. The molecule has 0 unspecified atom stereocenters. The van der Waals surface area contributed by atoms with Gasteiger partial charge in [-0.1, -0.05) is 0 Å². The fourth-order valence-corrected chi connectivity index (χ4v) is 3.73. The smallest absolute Gasteiger partial charge is 0.260 e. The van der Waals surface area contributed by atoms with Crippen LogP contribution < -0.4 is 5.32 Å². The zero-order chi connectivity index (χ0) is 18.4. The first-order valence-electron chi connectivity index (χ1n) is 8.96. The highest BCUT2D eigenvalue weighted by Crippen LogP contribution is 2.41. The average molecular weight is 367 g/mol. The van der Waals surface area contributed by atoms with Crippen molar-refractivity contribution in [1.29, 1.82) is 0 Å². The van der Waals surface area contributed by atoms with Crippen molar-refractivity contribution in [2.24, 2.45) is 0 Å². The predicted octanol–water partition coefficient (Wildman–Crippen LogP) is 2.40. The second-order valence-electron chi connectivity index (χ2n) is 6.82. The lowest BCUT2D eigenvalue weighted by Crippen LogP contribution is -2.35. The van der Waals surface area contributed by atoms with Crippen LogP contribution in [0.5, 0.6) is 0 Å². The first-order valence-corrected chi connectivity index (χ1v) is 8.96. The largest absolute Gasteiger partial charge is 0.486 e. The van der Waals surface area contributed by atoms with E-state index in [9.17, 15) is 9.18 Å². The molecule has 0 bridgehead atoms. The van der Waals surface area contributed by atoms with Gasteiger partial charge in [0.1, 0.15) is 18.2 Å². The summed E-state index contributed by atoms with van der Waals surface area (Å²) in [5.74, 6) is -0.200. The lowest BCUT2D eigenvalue weighted by molar-refractivity contribution is -0.110. The van der Waals surface area contributed by atoms with Gasteiger partial charge in [-0.25, -0.2) is 4.39 Å². The van der Waals surface area contributed by atoms with E-state index in [-0.39, 0.29) is 11.7 Å². The molecule has 3 aliphatic rings. The summed E-state index contributed by atoms with van der Waals surface area (Å²) in [5, 5.41) is 2.77. The molecule has 1 amide bonds. The minimum absolute atomic E-state index is 0.282. The van der Waals surface area contributed by atoms with Crippen LogP contribution in [0.1, 0.15) is 22.5 Å². The number of benzene rings is 1. The number of hydrogen-bond donors (Lipinski definition) is 1. The van der Waals surface area contributed by atoms with Crippen molar-refractivity contribution in [2.45, 2.75) is 13.2 Å². The molecule has 0 saturated carbocycles. The summed E-state index contributed by atoms with van der Waals surface area (Å²) in [4.78, 5) is 19.5. The number of rotatable bonds is 2. The lowest BCUT2D eigenvalue weighted by atomic mass is 10.0. The summed E-state index contributed by atoms with van der Waals surface area (Å²) in [5.41, 5.74) is 4.06. The van der Waals surface area contributed by atoms with Gasteiger partial charge >= 0.3 is 0 Å². The maximum Gasteiger partial charge on any atom is 0.260 e. The number of nitrogens with zero attached hydrogens (tertiary/aromatic N) is 2. The molecule has 1 saturated heterocycles. The summed E-state index contributed by atoms with van der Waals surface area (Å²) in [6.07, 6.45) is 0. The van der Waals surface area contributed by atoms with Crippen molar-refractivity contribution >= 4 is 22.9 Å². The second kappa shape index (κ2) is 6.44. The van der Waals surface area contributed by atoms with E-state index in [0.717, 1.165) is 49.8 Å². The van der Waals surface area contributed by atoms with Gasteiger partial charge in [-0.05, 0) is 30.3 Å². The Labute approximate surface area is 155 Å². The molecule has 3 aliphatic heterocycles. The predicted molar refractivity (Wildman–Crippen MR) is 97.0 cm³/mol. The number of carbonyl (C=O) groups is 1. The van der Waals surface area contributed by atoms with E-state index in [4.69, 9.17) is 14.5 Å². The van der Waals surface area contributed by atoms with Crippen LogP contribution in [0.2, 0.25) is 0 Å². The number of ether oxygens (including phenoxy) is 2. The zero-order valence-corrected chi connectivity index (χ0v) is 14.6. The van der Waals surface area contributed by atoms with Gasteiger partial charge in [-0.2, -0.15) is 0 Å². The van der Waals surface area contributed by atoms with Crippen LogP contribution in [-0.4, -0.2) is 42.1 Å². The third kappa shape index (κ3) is 2.89. The van der Waals surface area contributed by atoms with Crippen LogP contribution in [-0.2, 0) is 27.4 Å². The Bertz CT molecular complexity index is 967. The summed E-state index contributed by atoms with van der Waals surface area (Å²) >= 11 is 0. The number of fused-ring (bicyclic) bond motifs is 2. The molecule has 0 spiro atoms. The number of carbonyl (C=O) groups excluding carboxylic acids is 1. The van der Waals surface area contributed by atoms with Crippen molar-refractivity contribution in [1.82, 2.24) is 9.88 Å². The number of morpholine rings is 1. The fourth-order valence-electron chi connectivity index (χ4n) is 3.73. The lowest BCUT2D eigenvalue weighted by Gasteiger charge is -2.26. The standard InChI is InChI=1S/C20H18FN3O3/c21-12-1-4-16-15(9-12)18(20(25)23-16)19-14-3-2-13(22-17(14)11-27-19)10-24-5-7-26-8-6-24/h1-4,9H,5-8,10-11H2,(H,23,25). The van der Waals surface area contributed by atoms with Crippen LogP contribution in [0.15, 0.2) is 30.3 Å². The molecule has 0 aliphatic carbocycles. The Morgan fingerprint density at radius 1 is 1.15 bits per heavy atom. The van der Waals surface area contributed by atoms with Crippen LogP contribution in [0, 0.1) is 5.82 Å². The van der Waals surface area contributed by atoms with Crippen LogP contribution in [0.3, 0.4) is 0 Å². The minimum Gasteiger partial charge on any atom is -0.486 e. The molecule has 1 aromatic carbocycles. The van der Waals surface area contributed by atoms with Gasteiger partial charge in [0.2, 0.25) is 0 Å².